The molecule has 0 radical (unpaired) electrons. The Morgan fingerprint density at radius 1 is 1.21 bits per heavy atom. The predicted molar refractivity (Wildman–Crippen MR) is 70.1 cm³/mol. The van der Waals surface area contributed by atoms with Gasteiger partial charge in [-0.15, -0.1) is 0 Å². The first-order valence-corrected chi connectivity index (χ1v) is 6.14. The van der Waals surface area contributed by atoms with E-state index in [2.05, 4.69) is 0 Å². The van der Waals surface area contributed by atoms with E-state index < -0.39 is 18.0 Å². The van der Waals surface area contributed by atoms with Crippen LogP contribution in [0, 0.1) is 0 Å². The normalized spacial score (nSPS) is 12.0. The van der Waals surface area contributed by atoms with Gasteiger partial charge in [-0.1, -0.05) is 30.3 Å². The summed E-state index contributed by atoms with van der Waals surface area (Å²) in [7, 11) is 0. The molecule has 0 heterocycles. The third-order valence-electron chi connectivity index (χ3n) is 2.28. The minimum absolute atomic E-state index is 0.145. The molecule has 0 unspecified atom stereocenters. The minimum Gasteiger partial charge on any atom is -0.463 e. The molecule has 1 rings (SSSR count). The topological polar surface area (TPSA) is 78.6 Å². The maximum Gasteiger partial charge on any atom is 0.323 e. The van der Waals surface area contributed by atoms with Crippen molar-refractivity contribution in [3.05, 3.63) is 35.9 Å². The Bertz CT molecular complexity index is 417. The molecule has 0 aliphatic carbocycles. The number of ether oxygens (including phenoxy) is 2. The Labute approximate surface area is 112 Å². The third kappa shape index (κ3) is 6.01. The predicted octanol–water partition coefficient (Wildman–Crippen LogP) is 1.40. The molecule has 0 saturated carbocycles. The van der Waals surface area contributed by atoms with Gasteiger partial charge < -0.3 is 15.2 Å². The van der Waals surface area contributed by atoms with Gasteiger partial charge in [-0.3, -0.25) is 9.59 Å². The SMILES string of the molecule is CC(C)OC(=O)C[C@H](N)C(=O)OCc1ccccc1. The molecule has 1 aromatic carbocycles. The van der Waals surface area contributed by atoms with Crippen LogP contribution in [0.1, 0.15) is 25.8 Å². The lowest BCUT2D eigenvalue weighted by Crippen LogP contribution is -2.35. The summed E-state index contributed by atoms with van der Waals surface area (Å²) >= 11 is 0. The molecule has 5 nitrogen and oxygen atoms in total. The molecular weight excluding hydrogens is 246 g/mol. The van der Waals surface area contributed by atoms with Crippen LogP contribution in [0.15, 0.2) is 30.3 Å². The highest BCUT2D eigenvalue weighted by molar-refractivity contribution is 5.82. The molecule has 0 amide bonds. The molecule has 19 heavy (non-hydrogen) atoms. The monoisotopic (exact) mass is 265 g/mol. The maximum atomic E-state index is 11.6. The molecule has 5 heteroatoms. The Kier molecular flexibility index (Phi) is 6.02. The van der Waals surface area contributed by atoms with E-state index >= 15 is 0 Å². The number of rotatable bonds is 6. The summed E-state index contributed by atoms with van der Waals surface area (Å²) < 4.78 is 9.93. The summed E-state index contributed by atoms with van der Waals surface area (Å²) in [5, 5.41) is 0. The van der Waals surface area contributed by atoms with Crippen molar-refractivity contribution < 1.29 is 19.1 Å². The van der Waals surface area contributed by atoms with E-state index in [9.17, 15) is 9.59 Å². The fraction of sp³-hybridized carbons (Fsp3) is 0.429. The van der Waals surface area contributed by atoms with E-state index in [4.69, 9.17) is 15.2 Å². The van der Waals surface area contributed by atoms with Gasteiger partial charge in [-0.25, -0.2) is 0 Å². The Morgan fingerprint density at radius 3 is 2.42 bits per heavy atom. The summed E-state index contributed by atoms with van der Waals surface area (Å²) in [4.78, 5) is 22.9. The molecule has 0 spiro atoms. The molecule has 0 aliphatic rings. The second kappa shape index (κ2) is 7.53. The zero-order chi connectivity index (χ0) is 14.3. The largest absolute Gasteiger partial charge is 0.463 e. The van der Waals surface area contributed by atoms with Gasteiger partial charge in [0.1, 0.15) is 12.6 Å². The number of nitrogens with two attached hydrogens (primary N) is 1. The lowest BCUT2D eigenvalue weighted by atomic mass is 10.2. The highest BCUT2D eigenvalue weighted by Gasteiger charge is 2.20. The first-order valence-electron chi connectivity index (χ1n) is 6.14. The van der Waals surface area contributed by atoms with Gasteiger partial charge in [0.05, 0.1) is 12.5 Å². The van der Waals surface area contributed by atoms with Crippen molar-refractivity contribution in [1.29, 1.82) is 0 Å². The molecule has 0 aliphatic heterocycles. The average Bonchev–Trinajstić information content (AvgIpc) is 2.36. The smallest absolute Gasteiger partial charge is 0.323 e. The summed E-state index contributed by atoms with van der Waals surface area (Å²) in [5.41, 5.74) is 6.45. The number of hydrogen-bond acceptors (Lipinski definition) is 5. The van der Waals surface area contributed by atoms with Gasteiger partial charge in [0.25, 0.3) is 0 Å². The van der Waals surface area contributed by atoms with Crippen molar-refractivity contribution in [1.82, 2.24) is 0 Å². The van der Waals surface area contributed by atoms with Gasteiger partial charge in [0, 0.05) is 0 Å². The van der Waals surface area contributed by atoms with Gasteiger partial charge in [-0.2, -0.15) is 0 Å². The van der Waals surface area contributed by atoms with Crippen LogP contribution in [0.25, 0.3) is 0 Å². The van der Waals surface area contributed by atoms with Gasteiger partial charge in [0.15, 0.2) is 0 Å². The first-order chi connectivity index (χ1) is 8.99. The van der Waals surface area contributed by atoms with Crippen LogP contribution in [0.5, 0.6) is 0 Å². The zero-order valence-electron chi connectivity index (χ0n) is 11.2. The molecule has 0 fully saturated rings. The van der Waals surface area contributed by atoms with E-state index in [1.54, 1.807) is 13.8 Å². The fourth-order valence-corrected chi connectivity index (χ4v) is 1.41. The van der Waals surface area contributed by atoms with Crippen LogP contribution in [0.4, 0.5) is 0 Å². The molecule has 0 aromatic heterocycles. The number of carbonyl (C=O) groups excluding carboxylic acids is 2. The number of hydrogen-bond donors (Lipinski definition) is 1. The van der Waals surface area contributed by atoms with E-state index in [-0.39, 0.29) is 19.1 Å². The first kappa shape index (κ1) is 15.2. The molecular formula is C14H19NO4. The van der Waals surface area contributed by atoms with Gasteiger partial charge >= 0.3 is 11.9 Å². The molecule has 0 bridgehead atoms. The fourth-order valence-electron chi connectivity index (χ4n) is 1.41. The zero-order valence-corrected chi connectivity index (χ0v) is 11.2. The Hall–Kier alpha value is -1.88. The summed E-state index contributed by atoms with van der Waals surface area (Å²) in [5.74, 6) is -1.11. The van der Waals surface area contributed by atoms with Crippen LogP contribution >= 0.6 is 0 Å². The lowest BCUT2D eigenvalue weighted by molar-refractivity contribution is -0.154. The molecule has 1 aromatic rings. The van der Waals surface area contributed by atoms with Crippen LogP contribution in [-0.2, 0) is 25.7 Å². The van der Waals surface area contributed by atoms with Crippen LogP contribution in [-0.4, -0.2) is 24.1 Å². The molecule has 0 saturated heterocycles. The highest BCUT2D eigenvalue weighted by atomic mass is 16.5. The second-order valence-electron chi connectivity index (χ2n) is 4.44. The van der Waals surface area contributed by atoms with Crippen molar-refractivity contribution in [2.75, 3.05) is 0 Å². The Morgan fingerprint density at radius 2 is 1.84 bits per heavy atom. The van der Waals surface area contributed by atoms with Crippen molar-refractivity contribution in [2.24, 2.45) is 5.73 Å². The van der Waals surface area contributed by atoms with Crippen LogP contribution in [0.2, 0.25) is 0 Å². The molecule has 1 atom stereocenters. The van der Waals surface area contributed by atoms with Crippen molar-refractivity contribution in [3.8, 4) is 0 Å². The van der Waals surface area contributed by atoms with Crippen LogP contribution in [0.3, 0.4) is 0 Å². The lowest BCUT2D eigenvalue weighted by Gasteiger charge is -2.12. The van der Waals surface area contributed by atoms with Crippen molar-refractivity contribution in [3.63, 3.8) is 0 Å². The third-order valence-corrected chi connectivity index (χ3v) is 2.28. The quantitative estimate of drug-likeness (QED) is 0.786. The second-order valence-corrected chi connectivity index (χ2v) is 4.44. The van der Waals surface area contributed by atoms with Gasteiger partial charge in [-0.05, 0) is 19.4 Å². The number of esters is 2. The highest BCUT2D eigenvalue weighted by Crippen LogP contribution is 2.03. The van der Waals surface area contributed by atoms with E-state index in [1.165, 1.54) is 0 Å². The standard InChI is InChI=1S/C14H19NO4/c1-10(2)19-13(16)8-12(15)14(17)18-9-11-6-4-3-5-7-11/h3-7,10,12H,8-9,15H2,1-2H3/t12-/m0/s1. The van der Waals surface area contributed by atoms with Crippen LogP contribution < -0.4 is 5.73 Å². The maximum absolute atomic E-state index is 11.6. The summed E-state index contributed by atoms with van der Waals surface area (Å²) in [6, 6.07) is 8.26. The average molecular weight is 265 g/mol. The summed E-state index contributed by atoms with van der Waals surface area (Å²) in [6.45, 7) is 3.61. The Balaban J connectivity index is 2.35. The van der Waals surface area contributed by atoms with Crippen molar-refractivity contribution >= 4 is 11.9 Å². The summed E-state index contributed by atoms with van der Waals surface area (Å²) in [6.07, 6.45) is -0.397. The van der Waals surface area contributed by atoms with Crippen molar-refractivity contribution in [2.45, 2.75) is 39.0 Å². The molecule has 2 N–H and O–H groups in total. The van der Waals surface area contributed by atoms with Gasteiger partial charge in [0.2, 0.25) is 0 Å². The molecule has 104 valence electrons. The van der Waals surface area contributed by atoms with E-state index in [0.29, 0.717) is 0 Å². The van der Waals surface area contributed by atoms with E-state index in [0.717, 1.165) is 5.56 Å². The number of carbonyl (C=O) groups is 2. The minimum atomic E-state index is -0.991. The van der Waals surface area contributed by atoms with E-state index in [1.807, 2.05) is 30.3 Å². The number of benzene rings is 1.